The largest absolute Gasteiger partial charge is 0.480 e. The molecule has 1 unspecified atom stereocenters. The quantitative estimate of drug-likeness (QED) is 0.757. The number of hydrogen-bond acceptors (Lipinski definition) is 2. The van der Waals surface area contributed by atoms with E-state index in [-0.39, 0.29) is 18.4 Å². The molecule has 0 amide bonds. The van der Waals surface area contributed by atoms with Crippen LogP contribution in [0.3, 0.4) is 0 Å². The molecule has 0 aliphatic heterocycles. The summed E-state index contributed by atoms with van der Waals surface area (Å²) in [4.78, 5) is 12.7. The normalized spacial score (nSPS) is 12.4. The van der Waals surface area contributed by atoms with Crippen LogP contribution in [0.1, 0.15) is 24.9 Å². The van der Waals surface area contributed by atoms with Crippen molar-refractivity contribution in [2.75, 3.05) is 13.1 Å². The van der Waals surface area contributed by atoms with Crippen LogP contribution in [0, 0.1) is 5.82 Å². The highest BCUT2D eigenvalue weighted by Crippen LogP contribution is 2.24. The number of hydrogen-bond donors (Lipinski definition) is 1. The molecule has 0 saturated heterocycles. The van der Waals surface area contributed by atoms with Gasteiger partial charge in [0.05, 0.1) is 6.54 Å². The van der Waals surface area contributed by atoms with Crippen molar-refractivity contribution in [3.8, 4) is 0 Å². The van der Waals surface area contributed by atoms with Crippen LogP contribution in [-0.2, 0) is 4.79 Å². The average molecular weight is 251 g/mol. The Morgan fingerprint density at radius 3 is 2.56 bits per heavy atom. The van der Waals surface area contributed by atoms with Gasteiger partial charge in [0.1, 0.15) is 5.82 Å². The topological polar surface area (TPSA) is 40.5 Å². The van der Waals surface area contributed by atoms with Crippen molar-refractivity contribution in [2.24, 2.45) is 0 Å². The highest BCUT2D eigenvalue weighted by molar-refractivity contribution is 5.69. The lowest BCUT2D eigenvalue weighted by Gasteiger charge is -2.29. The van der Waals surface area contributed by atoms with E-state index < -0.39 is 5.97 Å². The van der Waals surface area contributed by atoms with E-state index in [0.29, 0.717) is 6.54 Å². The van der Waals surface area contributed by atoms with Crippen molar-refractivity contribution in [3.63, 3.8) is 0 Å². The fraction of sp³-hybridized carbons (Fsp3) is 0.357. The summed E-state index contributed by atoms with van der Waals surface area (Å²) in [7, 11) is 0. The Bertz CT molecular complexity index is 403. The van der Waals surface area contributed by atoms with Gasteiger partial charge in [-0.15, -0.1) is 6.58 Å². The first-order valence-corrected chi connectivity index (χ1v) is 5.90. The second-order valence-electron chi connectivity index (χ2n) is 4.09. The number of aliphatic carboxylic acids is 1. The number of halogens is 1. The van der Waals surface area contributed by atoms with Crippen molar-refractivity contribution < 1.29 is 14.3 Å². The van der Waals surface area contributed by atoms with Crippen LogP contribution < -0.4 is 0 Å². The SMILES string of the molecule is C=CCN(CC(=O)O)C(CC)c1ccc(F)cc1. The van der Waals surface area contributed by atoms with E-state index in [0.717, 1.165) is 12.0 Å². The maximum atomic E-state index is 12.9. The van der Waals surface area contributed by atoms with Crippen LogP contribution in [0.15, 0.2) is 36.9 Å². The Kier molecular flexibility index (Phi) is 5.52. The molecule has 1 atom stereocenters. The summed E-state index contributed by atoms with van der Waals surface area (Å²) < 4.78 is 12.9. The van der Waals surface area contributed by atoms with E-state index in [1.54, 1.807) is 18.2 Å². The molecule has 98 valence electrons. The van der Waals surface area contributed by atoms with Gasteiger partial charge < -0.3 is 5.11 Å². The number of benzene rings is 1. The number of carboxylic acid groups (broad SMARTS) is 1. The van der Waals surface area contributed by atoms with Gasteiger partial charge >= 0.3 is 5.97 Å². The van der Waals surface area contributed by atoms with Crippen LogP contribution >= 0.6 is 0 Å². The van der Waals surface area contributed by atoms with Crippen molar-refractivity contribution >= 4 is 5.97 Å². The van der Waals surface area contributed by atoms with E-state index in [1.165, 1.54) is 12.1 Å². The first kappa shape index (κ1) is 14.4. The zero-order valence-corrected chi connectivity index (χ0v) is 10.5. The second-order valence-corrected chi connectivity index (χ2v) is 4.09. The summed E-state index contributed by atoms with van der Waals surface area (Å²) in [5.41, 5.74) is 0.919. The van der Waals surface area contributed by atoms with Gasteiger partial charge in [-0.2, -0.15) is 0 Å². The molecule has 1 aromatic rings. The molecular weight excluding hydrogens is 233 g/mol. The van der Waals surface area contributed by atoms with Crippen LogP contribution in [0.2, 0.25) is 0 Å². The minimum atomic E-state index is -0.877. The summed E-state index contributed by atoms with van der Waals surface area (Å²) in [6, 6.07) is 6.14. The Hall–Kier alpha value is -1.68. The maximum absolute atomic E-state index is 12.9. The maximum Gasteiger partial charge on any atom is 0.317 e. The van der Waals surface area contributed by atoms with Gasteiger partial charge in [0.15, 0.2) is 0 Å². The van der Waals surface area contributed by atoms with Crippen molar-refractivity contribution in [1.29, 1.82) is 0 Å². The predicted octanol–water partition coefficient (Wildman–Crippen LogP) is 2.85. The van der Waals surface area contributed by atoms with Gasteiger partial charge in [-0.25, -0.2) is 4.39 Å². The monoisotopic (exact) mass is 251 g/mol. The molecule has 0 radical (unpaired) electrons. The van der Waals surface area contributed by atoms with Crippen molar-refractivity contribution in [3.05, 3.63) is 48.3 Å². The van der Waals surface area contributed by atoms with Crippen LogP contribution in [0.4, 0.5) is 4.39 Å². The molecular formula is C14H18FNO2. The predicted molar refractivity (Wildman–Crippen MR) is 68.8 cm³/mol. The Labute approximate surface area is 107 Å². The highest BCUT2D eigenvalue weighted by Gasteiger charge is 2.19. The minimum absolute atomic E-state index is 0.0419. The lowest BCUT2D eigenvalue weighted by Crippen LogP contribution is -2.33. The zero-order valence-electron chi connectivity index (χ0n) is 10.5. The number of carbonyl (C=O) groups is 1. The molecule has 1 N–H and O–H groups in total. The molecule has 1 rings (SSSR count). The summed E-state index contributed by atoms with van der Waals surface area (Å²) in [6.07, 6.45) is 2.43. The summed E-state index contributed by atoms with van der Waals surface area (Å²) in [5.74, 6) is -1.17. The molecule has 1 aromatic carbocycles. The van der Waals surface area contributed by atoms with Crippen LogP contribution in [0.5, 0.6) is 0 Å². The lowest BCUT2D eigenvalue weighted by molar-refractivity contribution is -0.138. The minimum Gasteiger partial charge on any atom is -0.480 e. The fourth-order valence-electron chi connectivity index (χ4n) is 2.03. The van der Waals surface area contributed by atoms with E-state index >= 15 is 0 Å². The molecule has 0 heterocycles. The first-order valence-electron chi connectivity index (χ1n) is 5.90. The van der Waals surface area contributed by atoms with Gasteiger partial charge in [-0.1, -0.05) is 25.1 Å². The number of carboxylic acids is 1. The smallest absolute Gasteiger partial charge is 0.317 e. The Morgan fingerprint density at radius 1 is 1.50 bits per heavy atom. The van der Waals surface area contributed by atoms with Gasteiger partial charge in [0.25, 0.3) is 0 Å². The third-order valence-corrected chi connectivity index (χ3v) is 2.78. The Morgan fingerprint density at radius 2 is 2.11 bits per heavy atom. The summed E-state index contributed by atoms with van der Waals surface area (Å²) in [6.45, 7) is 6.05. The Balaban J connectivity index is 2.93. The zero-order chi connectivity index (χ0) is 13.5. The molecule has 0 bridgehead atoms. The highest BCUT2D eigenvalue weighted by atomic mass is 19.1. The van der Waals surface area contributed by atoms with Crippen molar-refractivity contribution in [1.82, 2.24) is 4.90 Å². The standard InChI is InChI=1S/C14H18FNO2/c1-3-9-16(10-14(17)18)13(4-2)11-5-7-12(15)8-6-11/h3,5-8,13H,1,4,9-10H2,2H3,(H,17,18). The van der Waals surface area contributed by atoms with E-state index in [4.69, 9.17) is 5.11 Å². The summed E-state index contributed by atoms with van der Waals surface area (Å²) >= 11 is 0. The number of nitrogens with zero attached hydrogens (tertiary/aromatic N) is 1. The molecule has 0 aliphatic rings. The van der Waals surface area contributed by atoms with Gasteiger partial charge in [-0.05, 0) is 24.1 Å². The summed E-state index contributed by atoms with van der Waals surface area (Å²) in [5, 5.41) is 8.91. The molecule has 3 nitrogen and oxygen atoms in total. The molecule has 0 aromatic heterocycles. The van der Waals surface area contributed by atoms with Crippen LogP contribution in [-0.4, -0.2) is 29.1 Å². The second kappa shape index (κ2) is 6.91. The molecule has 0 spiro atoms. The first-order chi connectivity index (χ1) is 8.58. The number of rotatable bonds is 7. The molecule has 4 heteroatoms. The average Bonchev–Trinajstić information content (AvgIpc) is 2.32. The van der Waals surface area contributed by atoms with E-state index in [2.05, 4.69) is 6.58 Å². The van der Waals surface area contributed by atoms with Gasteiger partial charge in [0.2, 0.25) is 0 Å². The van der Waals surface area contributed by atoms with Gasteiger partial charge in [-0.3, -0.25) is 9.69 Å². The molecule has 0 saturated carbocycles. The third-order valence-electron chi connectivity index (χ3n) is 2.78. The van der Waals surface area contributed by atoms with E-state index in [9.17, 15) is 9.18 Å². The van der Waals surface area contributed by atoms with E-state index in [1.807, 2.05) is 11.8 Å². The third kappa shape index (κ3) is 3.96. The van der Waals surface area contributed by atoms with Crippen LogP contribution in [0.25, 0.3) is 0 Å². The lowest BCUT2D eigenvalue weighted by atomic mass is 10.0. The molecule has 18 heavy (non-hydrogen) atoms. The fourth-order valence-corrected chi connectivity index (χ4v) is 2.03. The van der Waals surface area contributed by atoms with Gasteiger partial charge in [0, 0.05) is 12.6 Å². The van der Waals surface area contributed by atoms with Crippen molar-refractivity contribution in [2.45, 2.75) is 19.4 Å². The molecule has 0 aliphatic carbocycles. The molecule has 0 fully saturated rings.